The van der Waals surface area contributed by atoms with E-state index in [2.05, 4.69) is 15.0 Å². The molecule has 4 heterocycles. The molecule has 0 radical (unpaired) electrons. The van der Waals surface area contributed by atoms with Gasteiger partial charge in [-0.2, -0.15) is 0 Å². The van der Waals surface area contributed by atoms with Crippen molar-refractivity contribution in [1.82, 2.24) is 24.8 Å². The molecule has 142 valence electrons. The Labute approximate surface area is 158 Å². The highest BCUT2D eigenvalue weighted by Crippen LogP contribution is 2.34. The summed E-state index contributed by atoms with van der Waals surface area (Å²) in [5.74, 6) is 1.61. The Kier molecular flexibility index (Phi) is 4.10. The number of hydrogen-bond acceptors (Lipinski definition) is 4. The summed E-state index contributed by atoms with van der Waals surface area (Å²) in [7, 11) is 0. The molecule has 7 nitrogen and oxygen atoms in total. The number of hydrogen-bond donors (Lipinski definition) is 1. The van der Waals surface area contributed by atoms with Crippen molar-refractivity contribution >= 4 is 23.0 Å². The highest BCUT2D eigenvalue weighted by Gasteiger charge is 2.42. The molecule has 1 saturated carbocycles. The molecule has 5 rings (SSSR count). The Morgan fingerprint density at radius 1 is 1.07 bits per heavy atom. The first-order valence-corrected chi connectivity index (χ1v) is 10.1. The molecule has 2 amide bonds. The number of aromatic nitrogens is 3. The van der Waals surface area contributed by atoms with Crippen molar-refractivity contribution in [3.05, 3.63) is 24.2 Å². The van der Waals surface area contributed by atoms with Crippen LogP contribution >= 0.6 is 0 Å². The van der Waals surface area contributed by atoms with E-state index in [1.54, 1.807) is 6.20 Å². The summed E-state index contributed by atoms with van der Waals surface area (Å²) in [6.07, 6.45) is 7.43. The fourth-order valence-electron chi connectivity index (χ4n) is 4.52. The summed E-state index contributed by atoms with van der Waals surface area (Å²) in [6.45, 7) is 2.18. The van der Waals surface area contributed by atoms with Gasteiger partial charge in [0.1, 0.15) is 11.9 Å². The number of nitrogens with one attached hydrogen (secondary N) is 1. The predicted octanol–water partition coefficient (Wildman–Crippen LogP) is 2.06. The van der Waals surface area contributed by atoms with Gasteiger partial charge in [-0.3, -0.25) is 9.59 Å². The molecule has 0 bridgehead atoms. The lowest BCUT2D eigenvalue weighted by molar-refractivity contribution is -0.145. The lowest BCUT2D eigenvalue weighted by Gasteiger charge is -2.35. The summed E-state index contributed by atoms with van der Waals surface area (Å²) in [5.41, 5.74) is 1.67. The number of nitrogens with zero attached hydrogens (tertiary/aromatic N) is 4. The largest absolute Gasteiger partial charge is 0.340 e. The van der Waals surface area contributed by atoms with Crippen LogP contribution in [0.5, 0.6) is 0 Å². The quantitative estimate of drug-likeness (QED) is 0.900. The molecule has 2 aliphatic heterocycles. The van der Waals surface area contributed by atoms with Gasteiger partial charge in [0.25, 0.3) is 0 Å². The molecule has 2 unspecified atom stereocenters. The second-order valence-electron chi connectivity index (χ2n) is 8.08. The Balaban J connectivity index is 1.31. The zero-order valence-electron chi connectivity index (χ0n) is 15.4. The molecule has 2 aromatic rings. The normalized spacial score (nSPS) is 25.9. The number of likely N-dealkylation sites (tertiary alicyclic amines) is 2. The standard InChI is InChI=1S/C20H25N5O2/c26-19(13-7-8-13)25-11-3-6-16(25)20(27)24-10-2-4-14(12-24)17-22-15-5-1-9-21-18(15)23-17/h1,5,9,13-14,16H,2-4,6-8,10-12H2,(H,21,22,23). The van der Waals surface area contributed by atoms with Gasteiger partial charge in [0.05, 0.1) is 5.52 Å². The van der Waals surface area contributed by atoms with Crippen LogP contribution in [0.15, 0.2) is 18.3 Å². The topological polar surface area (TPSA) is 82.2 Å². The smallest absolute Gasteiger partial charge is 0.245 e. The van der Waals surface area contributed by atoms with Crippen molar-refractivity contribution in [1.29, 1.82) is 0 Å². The zero-order chi connectivity index (χ0) is 18.4. The molecular weight excluding hydrogens is 342 g/mol. The van der Waals surface area contributed by atoms with Crippen LogP contribution in [-0.4, -0.2) is 62.2 Å². The minimum atomic E-state index is -0.255. The van der Waals surface area contributed by atoms with Crippen LogP contribution in [0.2, 0.25) is 0 Å². The molecule has 2 atom stereocenters. The summed E-state index contributed by atoms with van der Waals surface area (Å²) in [6, 6.07) is 3.62. The van der Waals surface area contributed by atoms with E-state index in [0.717, 1.165) is 68.6 Å². The van der Waals surface area contributed by atoms with Gasteiger partial charge in [-0.05, 0) is 50.7 Å². The van der Waals surface area contributed by atoms with Crippen molar-refractivity contribution in [2.75, 3.05) is 19.6 Å². The van der Waals surface area contributed by atoms with Gasteiger partial charge in [0.2, 0.25) is 11.8 Å². The van der Waals surface area contributed by atoms with Crippen LogP contribution in [0, 0.1) is 5.92 Å². The average molecular weight is 367 g/mol. The predicted molar refractivity (Wildman–Crippen MR) is 99.9 cm³/mol. The molecule has 7 heteroatoms. The van der Waals surface area contributed by atoms with Gasteiger partial charge in [0.15, 0.2) is 5.65 Å². The first-order chi connectivity index (χ1) is 13.2. The summed E-state index contributed by atoms with van der Waals surface area (Å²) < 4.78 is 0. The molecule has 3 aliphatic rings. The number of carbonyl (C=O) groups excluding carboxylic acids is 2. The number of imidazole rings is 1. The van der Waals surface area contributed by atoms with Crippen LogP contribution in [0.25, 0.3) is 11.2 Å². The third-order valence-corrected chi connectivity index (χ3v) is 6.14. The highest BCUT2D eigenvalue weighted by atomic mass is 16.2. The SMILES string of the molecule is O=C(C1CCCN1C(=O)C1CC1)N1CCCC(c2nc3ncccc3[nH]2)C1. The Morgan fingerprint density at radius 3 is 2.74 bits per heavy atom. The molecule has 3 fully saturated rings. The second kappa shape index (κ2) is 6.62. The van der Waals surface area contributed by atoms with Crippen molar-refractivity contribution in [3.8, 4) is 0 Å². The lowest BCUT2D eigenvalue weighted by atomic mass is 9.96. The summed E-state index contributed by atoms with van der Waals surface area (Å²) >= 11 is 0. The summed E-state index contributed by atoms with van der Waals surface area (Å²) in [5, 5.41) is 0. The lowest BCUT2D eigenvalue weighted by Crippen LogP contribution is -2.50. The first-order valence-electron chi connectivity index (χ1n) is 10.1. The van der Waals surface area contributed by atoms with Crippen molar-refractivity contribution in [3.63, 3.8) is 0 Å². The molecule has 2 saturated heterocycles. The fraction of sp³-hybridized carbons (Fsp3) is 0.600. The number of aromatic amines is 1. The van der Waals surface area contributed by atoms with Gasteiger partial charge < -0.3 is 14.8 Å². The maximum atomic E-state index is 13.2. The molecular formula is C20H25N5O2. The summed E-state index contributed by atoms with van der Waals surface area (Å²) in [4.78, 5) is 41.8. The molecule has 1 aliphatic carbocycles. The highest BCUT2D eigenvalue weighted by molar-refractivity contribution is 5.90. The van der Waals surface area contributed by atoms with Gasteiger partial charge in [-0.25, -0.2) is 9.97 Å². The number of carbonyl (C=O) groups is 2. The zero-order valence-corrected chi connectivity index (χ0v) is 15.4. The van der Waals surface area contributed by atoms with E-state index in [1.165, 1.54) is 0 Å². The monoisotopic (exact) mass is 367 g/mol. The molecule has 0 spiro atoms. The van der Waals surface area contributed by atoms with E-state index in [-0.39, 0.29) is 29.7 Å². The second-order valence-corrected chi connectivity index (χ2v) is 8.08. The average Bonchev–Trinajstić information content (AvgIpc) is 3.28. The molecule has 27 heavy (non-hydrogen) atoms. The third-order valence-electron chi connectivity index (χ3n) is 6.14. The van der Waals surface area contributed by atoms with E-state index >= 15 is 0 Å². The Morgan fingerprint density at radius 2 is 1.93 bits per heavy atom. The fourth-order valence-corrected chi connectivity index (χ4v) is 4.52. The van der Waals surface area contributed by atoms with E-state index in [9.17, 15) is 9.59 Å². The number of amides is 2. The van der Waals surface area contributed by atoms with Gasteiger partial charge in [-0.1, -0.05) is 0 Å². The number of H-pyrrole nitrogens is 1. The van der Waals surface area contributed by atoms with E-state index in [4.69, 9.17) is 0 Å². The van der Waals surface area contributed by atoms with Crippen LogP contribution in [0.4, 0.5) is 0 Å². The van der Waals surface area contributed by atoms with Crippen LogP contribution < -0.4 is 0 Å². The molecule has 0 aromatic carbocycles. The number of pyridine rings is 1. The minimum Gasteiger partial charge on any atom is -0.340 e. The minimum absolute atomic E-state index is 0.125. The maximum absolute atomic E-state index is 13.2. The maximum Gasteiger partial charge on any atom is 0.245 e. The van der Waals surface area contributed by atoms with Gasteiger partial charge >= 0.3 is 0 Å². The molecule has 2 aromatic heterocycles. The van der Waals surface area contributed by atoms with Gasteiger partial charge in [-0.15, -0.1) is 0 Å². The molecule has 1 N–H and O–H groups in total. The number of rotatable bonds is 3. The van der Waals surface area contributed by atoms with Crippen LogP contribution in [0.3, 0.4) is 0 Å². The van der Waals surface area contributed by atoms with E-state index in [1.807, 2.05) is 21.9 Å². The van der Waals surface area contributed by atoms with Crippen LogP contribution in [-0.2, 0) is 9.59 Å². The van der Waals surface area contributed by atoms with Crippen LogP contribution in [0.1, 0.15) is 50.3 Å². The number of piperidine rings is 1. The van der Waals surface area contributed by atoms with Crippen molar-refractivity contribution < 1.29 is 9.59 Å². The Bertz CT molecular complexity index is 841. The van der Waals surface area contributed by atoms with E-state index < -0.39 is 0 Å². The number of fused-ring (bicyclic) bond motifs is 1. The van der Waals surface area contributed by atoms with Crippen molar-refractivity contribution in [2.24, 2.45) is 5.92 Å². The Hall–Kier alpha value is -2.44. The van der Waals surface area contributed by atoms with E-state index in [0.29, 0.717) is 6.54 Å². The van der Waals surface area contributed by atoms with Gasteiger partial charge in [0, 0.05) is 37.7 Å². The first kappa shape index (κ1) is 16.7. The van der Waals surface area contributed by atoms with Crippen molar-refractivity contribution in [2.45, 2.75) is 50.5 Å². The third kappa shape index (κ3) is 3.09.